The van der Waals surface area contributed by atoms with Gasteiger partial charge in [0.1, 0.15) is 5.50 Å². The molecule has 5 fully saturated rings. The van der Waals surface area contributed by atoms with Crippen LogP contribution in [0.3, 0.4) is 0 Å². The molecular weight excluding hydrogens is 502 g/mol. The molecule has 5 aliphatic rings. The number of hydrogen-bond acceptors (Lipinski definition) is 8. The number of rotatable bonds is 6. The number of piperidine rings is 2. The van der Waals surface area contributed by atoms with E-state index in [1.165, 1.54) is 0 Å². The number of halogens is 1. The van der Waals surface area contributed by atoms with E-state index in [-0.39, 0.29) is 58.6 Å². The average Bonchev–Trinajstić information content (AvgIpc) is 3.27. The summed E-state index contributed by atoms with van der Waals surface area (Å²) >= 11 is 8.21. The Hall–Kier alpha value is -0.620. The van der Waals surface area contributed by atoms with Gasteiger partial charge in [0.25, 0.3) is 0 Å². The molecular formula is C25H42ClN5O4S. The molecule has 0 aromatic heterocycles. The number of aliphatic hydroxyl groups excluding tert-OH is 1. The molecule has 3 aliphatic heterocycles. The van der Waals surface area contributed by atoms with Crippen LogP contribution in [0.15, 0.2) is 0 Å². The fraction of sp³-hybridized carbons (Fsp3) is 0.920. The number of aliphatic hydroxyl groups is 1. The third-order valence-electron chi connectivity index (χ3n) is 9.19. The van der Waals surface area contributed by atoms with E-state index in [1.807, 2.05) is 0 Å². The van der Waals surface area contributed by atoms with Crippen LogP contribution in [0.4, 0.5) is 0 Å². The summed E-state index contributed by atoms with van der Waals surface area (Å²) in [5, 5.41) is 26.8. The smallest absolute Gasteiger partial charge is 0.226 e. The number of nitrogens with one attached hydrogen (secondary N) is 5. The van der Waals surface area contributed by atoms with E-state index in [4.69, 9.17) is 16.3 Å². The highest BCUT2D eigenvalue weighted by Gasteiger charge is 2.46. The third kappa shape index (κ3) is 5.84. The second-order valence-corrected chi connectivity index (χ2v) is 13.3. The normalized spacial score (nSPS) is 46.9. The minimum Gasteiger partial charge on any atom is -0.391 e. The van der Waals surface area contributed by atoms with Gasteiger partial charge < -0.3 is 25.8 Å². The predicted octanol–water partition coefficient (Wildman–Crippen LogP) is 0.703. The molecule has 9 nitrogen and oxygen atoms in total. The fourth-order valence-corrected chi connectivity index (χ4v) is 8.68. The van der Waals surface area contributed by atoms with Crippen LogP contribution in [0.1, 0.15) is 51.9 Å². The summed E-state index contributed by atoms with van der Waals surface area (Å²) in [6, 6.07) is 0.576. The van der Waals surface area contributed by atoms with E-state index in [9.17, 15) is 14.7 Å². The third-order valence-corrected chi connectivity index (χ3v) is 10.9. The number of hydrogen-bond donors (Lipinski definition) is 6. The topological polar surface area (TPSA) is 124 Å². The minimum absolute atomic E-state index is 0.0226. The number of methoxy groups -OCH3 is 1. The van der Waals surface area contributed by atoms with Crippen molar-refractivity contribution in [2.75, 3.05) is 20.2 Å². The summed E-state index contributed by atoms with van der Waals surface area (Å²) in [6.45, 7) is 3.55. The number of carbonyl (C=O) groups is 2. The number of fused-ring (bicyclic) bond motifs is 1. The first-order valence-corrected chi connectivity index (χ1v) is 15.0. The van der Waals surface area contributed by atoms with Crippen LogP contribution in [-0.2, 0) is 14.3 Å². The molecule has 6 N–H and O–H groups in total. The Labute approximate surface area is 223 Å². The van der Waals surface area contributed by atoms with Gasteiger partial charge in [0.15, 0.2) is 0 Å². The Morgan fingerprint density at radius 2 is 1.83 bits per heavy atom. The second-order valence-electron chi connectivity index (χ2n) is 11.5. The standard InChI is InChI=1S/C25H42ClN5O4S/c1-12-7-14(15-9-22(26)28-11-20(15)35-2)16(10-27-12)24(34)31-25-30-18-4-3-13(8-21(18)36-25)23(33)29-17-5-6-19(17)32/h12-22,25,27-28,30,32H,3-11H2,1-2H3,(H,29,33)(H,31,34)/t12?,13-,14?,15?,16?,17+,18?,19-,20?,21?,22?,25?/m1/s1. The van der Waals surface area contributed by atoms with E-state index in [1.54, 1.807) is 18.9 Å². The van der Waals surface area contributed by atoms with Gasteiger partial charge in [-0.2, -0.15) is 0 Å². The zero-order valence-corrected chi connectivity index (χ0v) is 22.8. The lowest BCUT2D eigenvalue weighted by Gasteiger charge is -2.45. The van der Waals surface area contributed by atoms with Crippen molar-refractivity contribution in [1.82, 2.24) is 26.6 Å². The summed E-state index contributed by atoms with van der Waals surface area (Å²) in [4.78, 5) is 26.3. The van der Waals surface area contributed by atoms with Gasteiger partial charge in [0.05, 0.1) is 29.7 Å². The van der Waals surface area contributed by atoms with E-state index in [0.717, 1.165) is 44.9 Å². The zero-order chi connectivity index (χ0) is 25.4. The molecule has 36 heavy (non-hydrogen) atoms. The van der Waals surface area contributed by atoms with Crippen LogP contribution in [-0.4, -0.2) is 83.7 Å². The van der Waals surface area contributed by atoms with Crippen LogP contribution in [0.2, 0.25) is 0 Å². The zero-order valence-electron chi connectivity index (χ0n) is 21.3. The van der Waals surface area contributed by atoms with Gasteiger partial charge in [0, 0.05) is 43.5 Å². The first-order chi connectivity index (χ1) is 17.3. The number of amides is 2. The van der Waals surface area contributed by atoms with Crippen LogP contribution in [0, 0.1) is 23.7 Å². The maximum Gasteiger partial charge on any atom is 0.226 e. The maximum atomic E-state index is 13.6. The summed E-state index contributed by atoms with van der Waals surface area (Å²) in [5.74, 6) is 0.435. The lowest BCUT2D eigenvalue weighted by molar-refractivity contribution is -0.130. The number of ether oxygens (including phenoxy) is 1. The Kier molecular flexibility index (Phi) is 8.72. The van der Waals surface area contributed by atoms with Gasteiger partial charge in [-0.3, -0.25) is 20.2 Å². The van der Waals surface area contributed by atoms with Crippen LogP contribution in [0.25, 0.3) is 0 Å². The van der Waals surface area contributed by atoms with Crippen molar-refractivity contribution in [3.8, 4) is 0 Å². The molecule has 0 aromatic carbocycles. The van der Waals surface area contributed by atoms with Gasteiger partial charge in [-0.1, -0.05) is 0 Å². The lowest BCUT2D eigenvalue weighted by Crippen LogP contribution is -2.57. The van der Waals surface area contributed by atoms with Crippen molar-refractivity contribution < 1.29 is 19.4 Å². The van der Waals surface area contributed by atoms with Gasteiger partial charge in [0.2, 0.25) is 11.8 Å². The molecule has 2 saturated carbocycles. The molecule has 2 amide bonds. The van der Waals surface area contributed by atoms with Gasteiger partial charge in [-0.05, 0) is 63.7 Å². The number of thioether (sulfide) groups is 1. The molecule has 3 saturated heterocycles. The highest BCUT2D eigenvalue weighted by Crippen LogP contribution is 2.40. The van der Waals surface area contributed by atoms with Gasteiger partial charge in [-0.25, -0.2) is 0 Å². The molecule has 11 heteroatoms. The largest absolute Gasteiger partial charge is 0.391 e. The maximum absolute atomic E-state index is 13.6. The Balaban J connectivity index is 1.17. The van der Waals surface area contributed by atoms with Crippen molar-refractivity contribution in [2.45, 2.75) is 98.5 Å². The molecule has 0 aromatic rings. The predicted molar refractivity (Wildman–Crippen MR) is 140 cm³/mol. The van der Waals surface area contributed by atoms with Crippen molar-refractivity contribution >= 4 is 35.2 Å². The molecule has 204 valence electrons. The molecule has 9 unspecified atom stereocenters. The molecule has 0 bridgehead atoms. The van der Waals surface area contributed by atoms with E-state index in [0.29, 0.717) is 30.4 Å². The highest BCUT2D eigenvalue weighted by molar-refractivity contribution is 8.00. The van der Waals surface area contributed by atoms with Gasteiger partial charge in [-0.15, -0.1) is 23.4 Å². The average molecular weight is 544 g/mol. The lowest BCUT2D eigenvalue weighted by atomic mass is 9.70. The van der Waals surface area contributed by atoms with E-state index in [2.05, 4.69) is 33.5 Å². The molecule has 12 atom stereocenters. The first-order valence-electron chi connectivity index (χ1n) is 13.7. The van der Waals surface area contributed by atoms with Crippen LogP contribution >= 0.6 is 23.4 Å². The van der Waals surface area contributed by atoms with E-state index >= 15 is 0 Å². The van der Waals surface area contributed by atoms with Crippen molar-refractivity contribution in [2.24, 2.45) is 23.7 Å². The summed E-state index contributed by atoms with van der Waals surface area (Å²) in [5.41, 5.74) is -0.238. The monoisotopic (exact) mass is 543 g/mol. The van der Waals surface area contributed by atoms with Crippen molar-refractivity contribution in [3.05, 3.63) is 0 Å². The van der Waals surface area contributed by atoms with Crippen LogP contribution in [0.5, 0.6) is 0 Å². The minimum atomic E-state index is -0.396. The Bertz CT molecular complexity index is 810. The number of alkyl halides is 1. The first kappa shape index (κ1) is 27.0. The molecule has 0 radical (unpaired) electrons. The fourth-order valence-electron chi connectivity index (χ4n) is 6.85. The Morgan fingerprint density at radius 1 is 1.00 bits per heavy atom. The van der Waals surface area contributed by atoms with E-state index < -0.39 is 6.10 Å². The summed E-state index contributed by atoms with van der Waals surface area (Å²) in [6.07, 6.45) is 5.57. The SMILES string of the molecule is COC1CNC(Cl)CC1C1CC(C)NCC1C(=O)NC1NC2CC[C@@H](C(=O)N[C@H]3CC[C@H]3O)CC2S1. The summed E-state index contributed by atoms with van der Waals surface area (Å²) in [7, 11) is 1.75. The second kappa shape index (κ2) is 11.6. The van der Waals surface area contributed by atoms with Crippen molar-refractivity contribution in [3.63, 3.8) is 0 Å². The molecule has 5 rings (SSSR count). The molecule has 0 spiro atoms. The Morgan fingerprint density at radius 3 is 2.56 bits per heavy atom. The number of carbonyl (C=O) groups excluding carboxylic acids is 2. The van der Waals surface area contributed by atoms with Gasteiger partial charge >= 0.3 is 0 Å². The highest BCUT2D eigenvalue weighted by atomic mass is 35.5. The quantitative estimate of drug-likeness (QED) is 0.214. The van der Waals surface area contributed by atoms with Crippen LogP contribution < -0.4 is 26.6 Å². The molecule has 2 aliphatic carbocycles. The molecule has 3 heterocycles. The summed E-state index contributed by atoms with van der Waals surface area (Å²) < 4.78 is 5.80. The van der Waals surface area contributed by atoms with Crippen molar-refractivity contribution in [1.29, 1.82) is 0 Å².